The minimum absolute atomic E-state index is 0.115. The fourth-order valence-corrected chi connectivity index (χ4v) is 4.43. The van der Waals surface area contributed by atoms with E-state index in [2.05, 4.69) is 33.5 Å². The van der Waals surface area contributed by atoms with Crippen LogP contribution in [0.3, 0.4) is 0 Å². The first-order valence-corrected chi connectivity index (χ1v) is 8.72. The van der Waals surface area contributed by atoms with Gasteiger partial charge in [-0.05, 0) is 43.8 Å². The number of imidazole rings is 1. The molecule has 2 aliphatic rings. The Kier molecular flexibility index (Phi) is 3.10. The van der Waals surface area contributed by atoms with Gasteiger partial charge in [-0.1, -0.05) is 24.3 Å². The molecule has 1 unspecified atom stereocenters. The van der Waals surface area contributed by atoms with Crippen LogP contribution in [-0.2, 0) is 0 Å². The van der Waals surface area contributed by atoms with Crippen molar-refractivity contribution in [3.05, 3.63) is 58.3 Å². The van der Waals surface area contributed by atoms with Crippen LogP contribution >= 0.6 is 0 Å². The van der Waals surface area contributed by atoms with Gasteiger partial charge in [-0.3, -0.25) is 9.20 Å². The molecule has 1 aromatic carbocycles. The molecule has 0 bridgehead atoms. The SMILES string of the molecule is O=c1[nH]c2c(n3ccnc13)C(CC1CCNCC1)c1ccccc1-2. The van der Waals surface area contributed by atoms with Crippen LogP contribution in [0.1, 0.15) is 36.4 Å². The van der Waals surface area contributed by atoms with Crippen molar-refractivity contribution in [2.45, 2.75) is 25.2 Å². The van der Waals surface area contributed by atoms with Gasteiger partial charge in [-0.2, -0.15) is 0 Å². The molecule has 5 nitrogen and oxygen atoms in total. The van der Waals surface area contributed by atoms with Crippen molar-refractivity contribution < 1.29 is 0 Å². The number of rotatable bonds is 2. The Morgan fingerprint density at radius 1 is 1.21 bits per heavy atom. The average molecular weight is 320 g/mol. The van der Waals surface area contributed by atoms with Crippen molar-refractivity contribution in [3.8, 4) is 11.3 Å². The molecule has 5 rings (SSSR count). The molecule has 24 heavy (non-hydrogen) atoms. The van der Waals surface area contributed by atoms with Gasteiger partial charge in [0.1, 0.15) is 0 Å². The smallest absolute Gasteiger partial charge is 0.292 e. The summed E-state index contributed by atoms with van der Waals surface area (Å²) in [6.07, 6.45) is 7.22. The van der Waals surface area contributed by atoms with E-state index in [4.69, 9.17) is 0 Å². The summed E-state index contributed by atoms with van der Waals surface area (Å²) in [5.41, 5.74) is 5.05. The molecule has 5 heteroatoms. The highest BCUT2D eigenvalue weighted by Crippen LogP contribution is 2.46. The number of benzene rings is 1. The number of H-pyrrole nitrogens is 1. The lowest BCUT2D eigenvalue weighted by Gasteiger charge is -2.26. The second-order valence-corrected chi connectivity index (χ2v) is 6.90. The highest BCUT2D eigenvalue weighted by molar-refractivity contribution is 5.75. The maximum atomic E-state index is 12.4. The molecular weight excluding hydrogens is 300 g/mol. The lowest BCUT2D eigenvalue weighted by atomic mass is 9.84. The van der Waals surface area contributed by atoms with Gasteiger partial charge in [0, 0.05) is 23.9 Å². The fraction of sp³-hybridized carbons (Fsp3) is 0.368. The molecule has 0 radical (unpaired) electrons. The predicted octanol–water partition coefficient (Wildman–Crippen LogP) is 2.52. The van der Waals surface area contributed by atoms with Gasteiger partial charge in [0.2, 0.25) is 5.65 Å². The highest BCUT2D eigenvalue weighted by Gasteiger charge is 2.34. The summed E-state index contributed by atoms with van der Waals surface area (Å²) in [6.45, 7) is 2.22. The monoisotopic (exact) mass is 320 g/mol. The second-order valence-electron chi connectivity index (χ2n) is 6.90. The van der Waals surface area contributed by atoms with Crippen molar-refractivity contribution in [3.63, 3.8) is 0 Å². The third-order valence-electron chi connectivity index (χ3n) is 5.56. The highest BCUT2D eigenvalue weighted by atomic mass is 16.1. The summed E-state index contributed by atoms with van der Waals surface area (Å²) in [6, 6.07) is 8.48. The van der Waals surface area contributed by atoms with E-state index in [-0.39, 0.29) is 5.56 Å². The maximum Gasteiger partial charge on any atom is 0.292 e. The summed E-state index contributed by atoms with van der Waals surface area (Å²) in [5, 5.41) is 3.45. The van der Waals surface area contributed by atoms with E-state index < -0.39 is 0 Å². The number of nitrogens with one attached hydrogen (secondary N) is 2. The quantitative estimate of drug-likeness (QED) is 0.763. The average Bonchev–Trinajstić information content (AvgIpc) is 3.21. The van der Waals surface area contributed by atoms with Gasteiger partial charge in [-0.25, -0.2) is 4.98 Å². The first kappa shape index (κ1) is 14.0. The van der Waals surface area contributed by atoms with Gasteiger partial charge < -0.3 is 10.3 Å². The predicted molar refractivity (Wildman–Crippen MR) is 93.3 cm³/mol. The molecule has 122 valence electrons. The molecule has 1 atom stereocenters. The van der Waals surface area contributed by atoms with E-state index in [0.29, 0.717) is 11.6 Å². The van der Waals surface area contributed by atoms with Gasteiger partial charge in [0.05, 0.1) is 11.4 Å². The van der Waals surface area contributed by atoms with E-state index in [1.807, 2.05) is 16.7 Å². The Hall–Kier alpha value is -2.40. The summed E-state index contributed by atoms with van der Waals surface area (Å²) < 4.78 is 2.00. The van der Waals surface area contributed by atoms with Crippen molar-refractivity contribution in [2.75, 3.05) is 13.1 Å². The molecule has 3 aromatic rings. The molecule has 0 spiro atoms. The summed E-state index contributed by atoms with van der Waals surface area (Å²) in [7, 11) is 0. The number of aromatic amines is 1. The molecule has 1 aliphatic carbocycles. The number of fused-ring (bicyclic) bond motifs is 5. The Bertz CT molecular complexity index is 965. The molecule has 0 amide bonds. The van der Waals surface area contributed by atoms with E-state index in [0.717, 1.165) is 31.1 Å². The van der Waals surface area contributed by atoms with E-state index in [1.54, 1.807) is 6.20 Å². The van der Waals surface area contributed by atoms with Crippen molar-refractivity contribution in [1.82, 2.24) is 19.7 Å². The summed E-state index contributed by atoms with van der Waals surface area (Å²) in [5.74, 6) is 1.05. The normalized spacial score (nSPS) is 20.2. The lowest BCUT2D eigenvalue weighted by molar-refractivity contribution is 0.341. The molecule has 1 fully saturated rings. The number of piperidine rings is 1. The molecule has 2 N–H and O–H groups in total. The van der Waals surface area contributed by atoms with Crippen molar-refractivity contribution in [2.24, 2.45) is 5.92 Å². The Morgan fingerprint density at radius 3 is 2.92 bits per heavy atom. The molecule has 1 saturated heterocycles. The van der Waals surface area contributed by atoms with Crippen molar-refractivity contribution in [1.29, 1.82) is 0 Å². The summed E-state index contributed by atoms with van der Waals surface area (Å²) >= 11 is 0. The Labute approximate surface area is 139 Å². The third kappa shape index (κ3) is 1.97. The zero-order valence-electron chi connectivity index (χ0n) is 13.5. The van der Waals surface area contributed by atoms with Crippen LogP contribution in [0.5, 0.6) is 0 Å². The van der Waals surface area contributed by atoms with Crippen LogP contribution in [0, 0.1) is 5.92 Å². The van der Waals surface area contributed by atoms with Gasteiger partial charge in [-0.15, -0.1) is 0 Å². The van der Waals surface area contributed by atoms with Gasteiger partial charge in [0.25, 0.3) is 5.56 Å². The Morgan fingerprint density at radius 2 is 2.04 bits per heavy atom. The topological polar surface area (TPSA) is 62.2 Å². The minimum atomic E-state index is -0.115. The zero-order chi connectivity index (χ0) is 16.1. The lowest BCUT2D eigenvalue weighted by Crippen LogP contribution is -2.28. The van der Waals surface area contributed by atoms with Crippen LogP contribution in [0.4, 0.5) is 0 Å². The standard InChI is InChI=1S/C19H20N4O/c24-19-18-21-9-10-23(18)17-15(11-12-5-7-20-8-6-12)13-3-1-2-4-14(13)16(17)22-19/h1-4,9-10,12,15,20H,5-8,11H2,(H,22,24). The molecule has 1 aliphatic heterocycles. The van der Waals surface area contributed by atoms with E-state index in [9.17, 15) is 4.79 Å². The Balaban J connectivity index is 1.70. The number of aromatic nitrogens is 3. The molecule has 3 heterocycles. The fourth-order valence-electron chi connectivity index (χ4n) is 4.43. The van der Waals surface area contributed by atoms with E-state index >= 15 is 0 Å². The van der Waals surface area contributed by atoms with Crippen molar-refractivity contribution >= 4 is 5.65 Å². The van der Waals surface area contributed by atoms with Gasteiger partial charge >= 0.3 is 0 Å². The van der Waals surface area contributed by atoms with Crippen LogP contribution in [0.15, 0.2) is 41.5 Å². The number of hydrogen-bond acceptors (Lipinski definition) is 3. The minimum Gasteiger partial charge on any atom is -0.317 e. The first-order chi connectivity index (χ1) is 11.8. The zero-order valence-corrected chi connectivity index (χ0v) is 13.5. The van der Waals surface area contributed by atoms with Crippen LogP contribution in [0.25, 0.3) is 16.9 Å². The van der Waals surface area contributed by atoms with Crippen LogP contribution in [0.2, 0.25) is 0 Å². The second kappa shape index (κ2) is 5.31. The van der Waals surface area contributed by atoms with E-state index in [1.165, 1.54) is 29.7 Å². The first-order valence-electron chi connectivity index (χ1n) is 8.72. The number of nitrogens with zero attached hydrogens (tertiary/aromatic N) is 2. The molecule has 2 aromatic heterocycles. The molecular formula is C19H20N4O. The van der Waals surface area contributed by atoms with Crippen LogP contribution in [-0.4, -0.2) is 27.5 Å². The molecule has 0 saturated carbocycles. The summed E-state index contributed by atoms with van der Waals surface area (Å²) in [4.78, 5) is 19.7. The maximum absolute atomic E-state index is 12.4. The number of hydrogen-bond donors (Lipinski definition) is 2. The third-order valence-corrected chi connectivity index (χ3v) is 5.56. The van der Waals surface area contributed by atoms with Gasteiger partial charge in [0.15, 0.2) is 0 Å². The largest absolute Gasteiger partial charge is 0.317 e. The van der Waals surface area contributed by atoms with Crippen LogP contribution < -0.4 is 10.9 Å².